The van der Waals surface area contributed by atoms with Crippen LogP contribution in [-0.2, 0) is 11.2 Å². The number of aryl methyl sites for hydroxylation is 2. The SMILES string of the molecule is CCCC1(C(=O)NCCCc2cn[nH]c2C)CCCNC1. The van der Waals surface area contributed by atoms with E-state index in [1.165, 1.54) is 5.56 Å². The molecule has 0 spiro atoms. The molecular weight excluding hydrogens is 264 g/mol. The van der Waals surface area contributed by atoms with E-state index in [-0.39, 0.29) is 11.3 Å². The van der Waals surface area contributed by atoms with Crippen molar-refractivity contribution in [1.29, 1.82) is 0 Å². The molecule has 1 saturated heterocycles. The number of nitrogens with one attached hydrogen (secondary N) is 3. The van der Waals surface area contributed by atoms with Gasteiger partial charge in [-0.25, -0.2) is 0 Å². The largest absolute Gasteiger partial charge is 0.356 e. The van der Waals surface area contributed by atoms with Crippen LogP contribution in [0.2, 0.25) is 0 Å². The van der Waals surface area contributed by atoms with Crippen molar-refractivity contribution in [3.05, 3.63) is 17.5 Å². The molecule has 1 aliphatic rings. The average molecular weight is 292 g/mol. The molecule has 0 aromatic carbocycles. The zero-order valence-electron chi connectivity index (χ0n) is 13.3. The highest BCUT2D eigenvalue weighted by molar-refractivity contribution is 5.83. The third-order valence-electron chi connectivity index (χ3n) is 4.53. The van der Waals surface area contributed by atoms with Gasteiger partial charge in [-0.2, -0.15) is 5.10 Å². The Morgan fingerprint density at radius 1 is 1.52 bits per heavy atom. The van der Waals surface area contributed by atoms with E-state index in [0.29, 0.717) is 0 Å². The molecule has 0 aliphatic carbocycles. The lowest BCUT2D eigenvalue weighted by Gasteiger charge is -2.36. The normalized spacial score (nSPS) is 22.2. The third kappa shape index (κ3) is 4.06. The lowest BCUT2D eigenvalue weighted by atomic mass is 9.76. The van der Waals surface area contributed by atoms with Crippen molar-refractivity contribution in [3.8, 4) is 0 Å². The Labute approximate surface area is 127 Å². The fourth-order valence-electron chi connectivity index (χ4n) is 3.26. The van der Waals surface area contributed by atoms with E-state index in [0.717, 1.165) is 63.9 Å². The van der Waals surface area contributed by atoms with Crippen molar-refractivity contribution in [3.63, 3.8) is 0 Å². The van der Waals surface area contributed by atoms with Gasteiger partial charge in [0.25, 0.3) is 0 Å². The van der Waals surface area contributed by atoms with Crippen LogP contribution < -0.4 is 10.6 Å². The topological polar surface area (TPSA) is 69.8 Å². The Bertz CT molecular complexity index is 443. The predicted octanol–water partition coefficient (Wildman–Crippen LogP) is 1.94. The van der Waals surface area contributed by atoms with Gasteiger partial charge in [0.1, 0.15) is 0 Å². The van der Waals surface area contributed by atoms with Gasteiger partial charge in [-0.1, -0.05) is 13.3 Å². The second-order valence-electron chi connectivity index (χ2n) is 6.19. The number of carbonyl (C=O) groups is 1. The Hall–Kier alpha value is -1.36. The number of hydrogen-bond donors (Lipinski definition) is 3. The molecule has 1 amide bonds. The van der Waals surface area contributed by atoms with Crippen molar-refractivity contribution in [2.24, 2.45) is 5.41 Å². The van der Waals surface area contributed by atoms with Gasteiger partial charge in [0.2, 0.25) is 5.91 Å². The third-order valence-corrected chi connectivity index (χ3v) is 4.53. The Kier molecular flexibility index (Phi) is 5.79. The molecule has 0 saturated carbocycles. The lowest BCUT2D eigenvalue weighted by Crippen LogP contribution is -2.50. The summed E-state index contributed by atoms with van der Waals surface area (Å²) >= 11 is 0. The van der Waals surface area contributed by atoms with Crippen molar-refractivity contribution < 1.29 is 4.79 Å². The number of nitrogens with zero attached hydrogens (tertiary/aromatic N) is 1. The minimum atomic E-state index is -0.182. The van der Waals surface area contributed by atoms with Gasteiger partial charge < -0.3 is 10.6 Å². The number of aromatic amines is 1. The summed E-state index contributed by atoms with van der Waals surface area (Å²) in [6.45, 7) is 6.80. The Morgan fingerprint density at radius 3 is 3.00 bits per heavy atom. The molecule has 3 N–H and O–H groups in total. The predicted molar refractivity (Wildman–Crippen MR) is 84.1 cm³/mol. The molecule has 1 unspecified atom stereocenters. The van der Waals surface area contributed by atoms with E-state index in [1.54, 1.807) is 0 Å². The first-order valence-corrected chi connectivity index (χ1v) is 8.16. The number of hydrogen-bond acceptors (Lipinski definition) is 3. The minimum Gasteiger partial charge on any atom is -0.356 e. The van der Waals surface area contributed by atoms with Crippen LogP contribution >= 0.6 is 0 Å². The number of aromatic nitrogens is 2. The summed E-state index contributed by atoms with van der Waals surface area (Å²) in [5.74, 6) is 0.237. The summed E-state index contributed by atoms with van der Waals surface area (Å²) in [7, 11) is 0. The van der Waals surface area contributed by atoms with Crippen molar-refractivity contribution >= 4 is 5.91 Å². The quantitative estimate of drug-likeness (QED) is 0.673. The summed E-state index contributed by atoms with van der Waals surface area (Å²) in [6.07, 6.45) is 7.95. The molecule has 118 valence electrons. The number of carbonyl (C=O) groups excluding carboxylic acids is 1. The maximum atomic E-state index is 12.6. The van der Waals surface area contributed by atoms with Crippen LogP contribution in [0.3, 0.4) is 0 Å². The summed E-state index contributed by atoms with van der Waals surface area (Å²) < 4.78 is 0. The van der Waals surface area contributed by atoms with Crippen LogP contribution in [0.25, 0.3) is 0 Å². The second kappa shape index (κ2) is 7.59. The summed E-state index contributed by atoms with van der Waals surface area (Å²) in [4.78, 5) is 12.6. The molecule has 2 heterocycles. The summed E-state index contributed by atoms with van der Waals surface area (Å²) in [5.41, 5.74) is 2.19. The fraction of sp³-hybridized carbons (Fsp3) is 0.750. The van der Waals surface area contributed by atoms with E-state index in [1.807, 2.05) is 13.1 Å². The minimum absolute atomic E-state index is 0.182. The maximum Gasteiger partial charge on any atom is 0.227 e. The van der Waals surface area contributed by atoms with Gasteiger partial charge in [-0.05, 0) is 51.1 Å². The van der Waals surface area contributed by atoms with Gasteiger partial charge in [-0.3, -0.25) is 9.89 Å². The highest BCUT2D eigenvalue weighted by atomic mass is 16.2. The fourth-order valence-corrected chi connectivity index (χ4v) is 3.26. The number of rotatable bonds is 7. The van der Waals surface area contributed by atoms with Gasteiger partial charge >= 0.3 is 0 Å². The van der Waals surface area contributed by atoms with E-state index in [2.05, 4.69) is 27.8 Å². The smallest absolute Gasteiger partial charge is 0.227 e. The van der Waals surface area contributed by atoms with Crippen LogP contribution in [0.4, 0.5) is 0 Å². The zero-order chi connectivity index (χ0) is 15.1. The molecule has 2 rings (SSSR count). The first-order valence-electron chi connectivity index (χ1n) is 8.16. The molecule has 5 heteroatoms. The van der Waals surface area contributed by atoms with E-state index in [9.17, 15) is 4.79 Å². The van der Waals surface area contributed by atoms with Gasteiger partial charge in [0, 0.05) is 18.8 Å². The number of amides is 1. The standard InChI is InChI=1S/C16H28N4O/c1-3-7-16(8-5-9-17-12-16)15(21)18-10-4-6-14-11-19-20-13(14)2/h11,17H,3-10,12H2,1-2H3,(H,18,21)(H,19,20). The van der Waals surface area contributed by atoms with Crippen LogP contribution in [0.15, 0.2) is 6.20 Å². The molecule has 1 fully saturated rings. The monoisotopic (exact) mass is 292 g/mol. The Morgan fingerprint density at radius 2 is 2.38 bits per heavy atom. The highest BCUT2D eigenvalue weighted by Crippen LogP contribution is 2.31. The van der Waals surface area contributed by atoms with Gasteiger partial charge in [-0.15, -0.1) is 0 Å². The molecule has 21 heavy (non-hydrogen) atoms. The van der Waals surface area contributed by atoms with Crippen molar-refractivity contribution in [1.82, 2.24) is 20.8 Å². The molecule has 1 aromatic heterocycles. The molecule has 1 aliphatic heterocycles. The second-order valence-corrected chi connectivity index (χ2v) is 6.19. The van der Waals surface area contributed by atoms with E-state index < -0.39 is 0 Å². The van der Waals surface area contributed by atoms with Crippen molar-refractivity contribution in [2.75, 3.05) is 19.6 Å². The van der Waals surface area contributed by atoms with Crippen LogP contribution in [0, 0.1) is 12.3 Å². The lowest BCUT2D eigenvalue weighted by molar-refractivity contribution is -0.132. The Balaban J connectivity index is 1.78. The first kappa shape index (κ1) is 16.0. The molecule has 0 bridgehead atoms. The average Bonchev–Trinajstić information content (AvgIpc) is 2.90. The molecular formula is C16H28N4O. The maximum absolute atomic E-state index is 12.6. The van der Waals surface area contributed by atoms with Gasteiger partial charge in [0.05, 0.1) is 11.6 Å². The van der Waals surface area contributed by atoms with E-state index in [4.69, 9.17) is 0 Å². The van der Waals surface area contributed by atoms with E-state index >= 15 is 0 Å². The highest BCUT2D eigenvalue weighted by Gasteiger charge is 2.38. The molecule has 5 nitrogen and oxygen atoms in total. The van der Waals surface area contributed by atoms with Crippen LogP contribution in [0.1, 0.15) is 50.3 Å². The van der Waals surface area contributed by atoms with Gasteiger partial charge in [0.15, 0.2) is 0 Å². The zero-order valence-corrected chi connectivity index (χ0v) is 13.3. The number of piperidine rings is 1. The molecule has 1 aromatic rings. The summed E-state index contributed by atoms with van der Waals surface area (Å²) in [6, 6.07) is 0. The molecule has 1 atom stereocenters. The number of H-pyrrole nitrogens is 1. The van der Waals surface area contributed by atoms with Crippen LogP contribution in [-0.4, -0.2) is 35.7 Å². The summed E-state index contributed by atoms with van der Waals surface area (Å²) in [5, 5.41) is 13.5. The first-order chi connectivity index (χ1) is 10.2. The van der Waals surface area contributed by atoms with Crippen molar-refractivity contribution in [2.45, 2.75) is 52.4 Å². The molecule has 0 radical (unpaired) electrons. The van der Waals surface area contributed by atoms with Crippen LogP contribution in [0.5, 0.6) is 0 Å².